The highest BCUT2D eigenvalue weighted by Crippen LogP contribution is 2.30. The van der Waals surface area contributed by atoms with E-state index in [1.54, 1.807) is 44.2 Å². The third-order valence-corrected chi connectivity index (χ3v) is 7.00. The number of carbonyl (C=O) groups is 3. The van der Waals surface area contributed by atoms with E-state index in [2.05, 4.69) is 5.32 Å². The van der Waals surface area contributed by atoms with E-state index in [-0.39, 0.29) is 30.5 Å². The van der Waals surface area contributed by atoms with Gasteiger partial charge in [0.15, 0.2) is 0 Å². The zero-order valence-corrected chi connectivity index (χ0v) is 26.6. The molecular formula is C33H46N2O9. The van der Waals surface area contributed by atoms with Crippen LogP contribution < -0.4 is 14.8 Å². The van der Waals surface area contributed by atoms with Crippen LogP contribution in [0.2, 0.25) is 0 Å². The number of carbonyl (C=O) groups excluding carboxylic acids is 3. The first-order valence-electron chi connectivity index (χ1n) is 15.0. The van der Waals surface area contributed by atoms with Crippen LogP contribution in [0.25, 0.3) is 0 Å². The smallest absolute Gasteiger partial charge is 0.330 e. The average Bonchev–Trinajstić information content (AvgIpc) is 3.37. The van der Waals surface area contributed by atoms with Crippen LogP contribution >= 0.6 is 0 Å². The number of hydrogen-bond donors (Lipinski definition) is 1. The van der Waals surface area contributed by atoms with E-state index >= 15 is 0 Å². The molecule has 1 saturated heterocycles. The van der Waals surface area contributed by atoms with E-state index in [4.69, 9.17) is 28.4 Å². The molecule has 242 valence electrons. The quantitative estimate of drug-likeness (QED) is 0.221. The Morgan fingerprint density at radius 3 is 2.39 bits per heavy atom. The second kappa shape index (κ2) is 17.0. The average molecular weight is 615 g/mol. The fourth-order valence-electron chi connectivity index (χ4n) is 4.88. The largest absolute Gasteiger partial charge is 0.491 e. The van der Waals surface area contributed by atoms with E-state index in [1.165, 1.54) is 0 Å². The minimum absolute atomic E-state index is 0.143. The Bertz CT molecular complexity index is 1220. The maximum Gasteiger partial charge on any atom is 0.330 e. The molecule has 2 aromatic carbocycles. The van der Waals surface area contributed by atoms with E-state index in [9.17, 15) is 14.4 Å². The summed E-state index contributed by atoms with van der Waals surface area (Å²) in [6, 6.07) is 12.4. The summed E-state index contributed by atoms with van der Waals surface area (Å²) in [6.45, 7) is 9.11. The number of likely N-dealkylation sites (N-methyl/N-ethyl adjacent to an activating group) is 1. The minimum Gasteiger partial charge on any atom is -0.491 e. The maximum atomic E-state index is 13.8. The Morgan fingerprint density at radius 1 is 0.977 bits per heavy atom. The topological polar surface area (TPSA) is 122 Å². The number of amides is 1. The normalized spacial score (nSPS) is 17.5. The number of ether oxygens (including phenoxy) is 6. The Balaban J connectivity index is 1.80. The van der Waals surface area contributed by atoms with Gasteiger partial charge in [-0.25, -0.2) is 4.79 Å². The van der Waals surface area contributed by atoms with Crippen molar-refractivity contribution in [3.63, 3.8) is 0 Å². The first kappa shape index (κ1) is 34.8. The Labute approximate surface area is 260 Å². The number of benzene rings is 2. The van der Waals surface area contributed by atoms with Gasteiger partial charge in [0.25, 0.3) is 5.91 Å². The van der Waals surface area contributed by atoms with Crippen molar-refractivity contribution in [2.24, 2.45) is 0 Å². The SMILES string of the molecule is CCOC(=O)[C@H](NC(=O)c1ccc(OCCOCCOC)cc1OCc1ccccc1)[C@@H]1CC[C@H](C(=O)OC(C)(C)C)N1C. The lowest BCUT2D eigenvalue weighted by atomic mass is 10.0. The lowest BCUT2D eigenvalue weighted by Gasteiger charge is -2.31. The lowest BCUT2D eigenvalue weighted by molar-refractivity contribution is -0.161. The summed E-state index contributed by atoms with van der Waals surface area (Å²) in [5.74, 6) is -0.680. The van der Waals surface area contributed by atoms with Gasteiger partial charge in [0, 0.05) is 19.2 Å². The molecule has 3 rings (SSSR count). The van der Waals surface area contributed by atoms with Gasteiger partial charge in [-0.2, -0.15) is 0 Å². The second-order valence-electron chi connectivity index (χ2n) is 11.4. The molecule has 0 unspecified atom stereocenters. The summed E-state index contributed by atoms with van der Waals surface area (Å²) in [5, 5.41) is 2.87. The van der Waals surface area contributed by atoms with Gasteiger partial charge in [0.1, 0.15) is 42.4 Å². The number of methoxy groups -OCH3 is 1. The summed E-state index contributed by atoms with van der Waals surface area (Å²) >= 11 is 0. The van der Waals surface area contributed by atoms with E-state index in [0.717, 1.165) is 5.56 Å². The molecule has 0 radical (unpaired) electrons. The molecule has 1 aliphatic heterocycles. The number of likely N-dealkylation sites (tertiary alicyclic amines) is 1. The molecule has 3 atom stereocenters. The van der Waals surface area contributed by atoms with Crippen molar-refractivity contribution in [3.8, 4) is 11.5 Å². The summed E-state index contributed by atoms with van der Waals surface area (Å²) in [5.41, 5.74) is 0.499. The van der Waals surface area contributed by atoms with Crippen molar-refractivity contribution >= 4 is 17.8 Å². The van der Waals surface area contributed by atoms with Gasteiger partial charge in [-0.15, -0.1) is 0 Å². The fourth-order valence-corrected chi connectivity index (χ4v) is 4.88. The molecule has 1 N–H and O–H groups in total. The van der Waals surface area contributed by atoms with Crippen molar-refractivity contribution < 1.29 is 42.8 Å². The summed E-state index contributed by atoms with van der Waals surface area (Å²) < 4.78 is 33.3. The molecule has 2 aromatic rings. The van der Waals surface area contributed by atoms with E-state index in [0.29, 0.717) is 45.0 Å². The first-order chi connectivity index (χ1) is 21.0. The van der Waals surface area contributed by atoms with Gasteiger partial charge >= 0.3 is 11.9 Å². The van der Waals surface area contributed by atoms with Crippen LogP contribution in [-0.4, -0.2) is 93.7 Å². The molecular weight excluding hydrogens is 568 g/mol. The number of nitrogens with zero attached hydrogens (tertiary/aromatic N) is 1. The van der Waals surface area contributed by atoms with Crippen LogP contribution in [0.3, 0.4) is 0 Å². The molecule has 0 saturated carbocycles. The summed E-state index contributed by atoms with van der Waals surface area (Å²) in [7, 11) is 3.36. The van der Waals surface area contributed by atoms with Crippen molar-refractivity contribution in [2.45, 2.75) is 70.9 Å². The second-order valence-corrected chi connectivity index (χ2v) is 11.4. The monoisotopic (exact) mass is 614 g/mol. The zero-order valence-electron chi connectivity index (χ0n) is 26.6. The highest BCUT2D eigenvalue weighted by atomic mass is 16.6. The number of esters is 2. The van der Waals surface area contributed by atoms with Gasteiger partial charge in [-0.3, -0.25) is 14.5 Å². The molecule has 1 fully saturated rings. The van der Waals surface area contributed by atoms with Gasteiger partial charge in [0.05, 0.1) is 32.0 Å². The molecule has 1 amide bonds. The standard InChI is InChI=1S/C33H46N2O9/c1-7-41-32(38)29(26-15-16-27(35(26)5)31(37)44-33(2,3)4)34-30(36)25-14-13-24(42-20-19-40-18-17-39-6)21-28(25)43-22-23-11-9-8-10-12-23/h8-14,21,26-27,29H,7,15-20,22H2,1-6H3,(H,34,36)/t26-,27+,29+/m0/s1. The molecule has 0 bridgehead atoms. The highest BCUT2D eigenvalue weighted by molar-refractivity contribution is 5.99. The predicted molar refractivity (Wildman–Crippen MR) is 164 cm³/mol. The van der Waals surface area contributed by atoms with Crippen molar-refractivity contribution in [1.29, 1.82) is 0 Å². The van der Waals surface area contributed by atoms with Crippen LogP contribution in [0.1, 0.15) is 56.5 Å². The highest BCUT2D eigenvalue weighted by Gasteiger charge is 2.44. The number of rotatable bonds is 16. The van der Waals surface area contributed by atoms with Gasteiger partial charge in [0.2, 0.25) is 0 Å². The minimum atomic E-state index is -1.03. The molecule has 11 heteroatoms. The van der Waals surface area contributed by atoms with Crippen molar-refractivity contribution in [3.05, 3.63) is 59.7 Å². The van der Waals surface area contributed by atoms with E-state index in [1.807, 2.05) is 51.1 Å². The molecule has 0 aliphatic carbocycles. The molecule has 0 aromatic heterocycles. The third kappa shape index (κ3) is 10.5. The van der Waals surface area contributed by atoms with Crippen LogP contribution in [0.15, 0.2) is 48.5 Å². The third-order valence-electron chi connectivity index (χ3n) is 7.00. The fraction of sp³-hybridized carbons (Fsp3) is 0.545. The lowest BCUT2D eigenvalue weighted by Crippen LogP contribution is -2.55. The van der Waals surface area contributed by atoms with Crippen LogP contribution in [-0.2, 0) is 35.1 Å². The van der Waals surface area contributed by atoms with Crippen LogP contribution in [0.5, 0.6) is 11.5 Å². The summed E-state index contributed by atoms with van der Waals surface area (Å²) in [4.78, 5) is 41.6. The Morgan fingerprint density at radius 2 is 1.70 bits per heavy atom. The molecule has 1 aliphatic rings. The number of nitrogens with one attached hydrogen (secondary N) is 1. The maximum absolute atomic E-state index is 13.8. The molecule has 11 nitrogen and oxygen atoms in total. The Hall–Kier alpha value is -3.67. The Kier molecular flexibility index (Phi) is 13.4. The molecule has 1 heterocycles. The molecule has 0 spiro atoms. The number of hydrogen-bond acceptors (Lipinski definition) is 10. The van der Waals surface area contributed by atoms with Gasteiger partial charge < -0.3 is 33.7 Å². The van der Waals surface area contributed by atoms with Crippen molar-refractivity contribution in [2.75, 3.05) is 47.2 Å². The predicted octanol–water partition coefficient (Wildman–Crippen LogP) is 3.77. The van der Waals surface area contributed by atoms with Gasteiger partial charge in [-0.1, -0.05) is 30.3 Å². The zero-order chi connectivity index (χ0) is 32.1. The first-order valence-corrected chi connectivity index (χ1v) is 15.0. The molecule has 44 heavy (non-hydrogen) atoms. The summed E-state index contributed by atoms with van der Waals surface area (Å²) in [6.07, 6.45) is 0.968. The van der Waals surface area contributed by atoms with Crippen LogP contribution in [0.4, 0.5) is 0 Å². The van der Waals surface area contributed by atoms with Gasteiger partial charge in [-0.05, 0) is 65.3 Å². The van der Waals surface area contributed by atoms with Crippen molar-refractivity contribution in [1.82, 2.24) is 10.2 Å². The van der Waals surface area contributed by atoms with E-state index < -0.39 is 35.6 Å². The van der Waals surface area contributed by atoms with Crippen LogP contribution in [0, 0.1) is 0 Å².